The van der Waals surface area contributed by atoms with Crippen molar-refractivity contribution in [1.29, 1.82) is 0 Å². The van der Waals surface area contributed by atoms with Crippen molar-refractivity contribution < 1.29 is 19.0 Å². The molecule has 2 aliphatic heterocycles. The minimum atomic E-state index is -0.751. The van der Waals surface area contributed by atoms with E-state index < -0.39 is 18.0 Å². The molecule has 1 atom stereocenters. The lowest BCUT2D eigenvalue weighted by molar-refractivity contribution is -0.519. The van der Waals surface area contributed by atoms with Crippen molar-refractivity contribution >= 4 is 35.7 Å². The molecule has 0 aromatic carbocycles. The van der Waals surface area contributed by atoms with Crippen molar-refractivity contribution in [3.8, 4) is 0 Å². The molecule has 1 fully saturated rings. The normalized spacial score (nSPS) is 18.6. The summed E-state index contributed by atoms with van der Waals surface area (Å²) in [4.78, 5) is 47.7. The van der Waals surface area contributed by atoms with Gasteiger partial charge in [-0.2, -0.15) is 5.10 Å². The molecule has 1 saturated heterocycles. The lowest BCUT2D eigenvalue weighted by Gasteiger charge is -2.30. The summed E-state index contributed by atoms with van der Waals surface area (Å²) < 4.78 is 3.30. The second-order valence-corrected chi connectivity index (χ2v) is 7.42. The fourth-order valence-electron chi connectivity index (χ4n) is 3.58. The molecule has 11 heteroatoms. The topological polar surface area (TPSA) is 115 Å². The molecular weight excluding hydrogens is 388 g/mol. The Balaban J connectivity index is 1.27. The Morgan fingerprint density at radius 1 is 1.27 bits per heavy atom. The standard InChI is InChI=1S/C19H22N8O3/c1-12-7-14-21-8-13(9-27(14)23-12)5-4-6-20-15(28)10-26-11-22-17-16(26)18(29)25(3)19(30)24(17)2/h7-9,11,16H,4-6,10H2,1-3H3/p+1. The number of fused-ring (bicyclic) bond motifs is 2. The van der Waals surface area contributed by atoms with E-state index in [4.69, 9.17) is 0 Å². The van der Waals surface area contributed by atoms with Crippen LogP contribution >= 0.6 is 0 Å². The Labute approximate surface area is 172 Å². The SMILES string of the molecule is Cc1cc2ncc(CCCNC(=O)C[N+]3=CN=C4C3C(=O)N(C)C(=O)N4C)cn2n1. The first-order valence-electron chi connectivity index (χ1n) is 9.65. The van der Waals surface area contributed by atoms with Gasteiger partial charge in [0.25, 0.3) is 30.0 Å². The number of imide groups is 1. The Hall–Kier alpha value is -3.63. The van der Waals surface area contributed by atoms with Crippen LogP contribution in [0, 0.1) is 6.92 Å². The van der Waals surface area contributed by atoms with Crippen LogP contribution in [0.15, 0.2) is 23.5 Å². The van der Waals surface area contributed by atoms with Gasteiger partial charge in [-0.3, -0.25) is 19.4 Å². The van der Waals surface area contributed by atoms with Crippen LogP contribution < -0.4 is 5.32 Å². The minimum Gasteiger partial charge on any atom is -0.353 e. The highest BCUT2D eigenvalue weighted by atomic mass is 16.2. The van der Waals surface area contributed by atoms with Crippen LogP contribution in [0.2, 0.25) is 0 Å². The van der Waals surface area contributed by atoms with E-state index in [2.05, 4.69) is 20.4 Å². The number of rotatable bonds is 6. The molecule has 0 aliphatic carbocycles. The molecule has 2 aliphatic rings. The van der Waals surface area contributed by atoms with Crippen LogP contribution in [-0.4, -0.2) is 92.2 Å². The van der Waals surface area contributed by atoms with Crippen LogP contribution in [-0.2, 0) is 16.0 Å². The maximum Gasteiger partial charge on any atom is 0.333 e. The third kappa shape index (κ3) is 3.53. The summed E-state index contributed by atoms with van der Waals surface area (Å²) >= 11 is 0. The second kappa shape index (κ2) is 7.65. The summed E-state index contributed by atoms with van der Waals surface area (Å²) in [7, 11) is 2.98. The number of nitrogens with zero attached hydrogens (tertiary/aromatic N) is 7. The third-order valence-corrected chi connectivity index (χ3v) is 5.18. The summed E-state index contributed by atoms with van der Waals surface area (Å²) in [5, 5.41) is 7.21. The molecule has 0 spiro atoms. The van der Waals surface area contributed by atoms with Gasteiger partial charge in [0, 0.05) is 39.1 Å². The number of likely N-dealkylation sites (N-methyl/N-ethyl adjacent to an activating group) is 2. The quantitative estimate of drug-likeness (QED) is 0.505. The summed E-state index contributed by atoms with van der Waals surface area (Å²) in [5.41, 5.74) is 2.76. The van der Waals surface area contributed by atoms with Crippen molar-refractivity contribution in [3.63, 3.8) is 0 Å². The number of carbonyl (C=O) groups is 3. The largest absolute Gasteiger partial charge is 0.353 e. The predicted molar refractivity (Wildman–Crippen MR) is 107 cm³/mol. The number of urea groups is 1. The monoisotopic (exact) mass is 411 g/mol. The molecule has 30 heavy (non-hydrogen) atoms. The molecule has 4 rings (SSSR count). The number of amides is 4. The molecule has 4 heterocycles. The molecular formula is C19H23N8O3+. The molecule has 4 amide bonds. The van der Waals surface area contributed by atoms with Gasteiger partial charge in [0.2, 0.25) is 0 Å². The molecule has 2 aromatic heterocycles. The third-order valence-electron chi connectivity index (χ3n) is 5.18. The van der Waals surface area contributed by atoms with E-state index in [1.807, 2.05) is 25.4 Å². The van der Waals surface area contributed by atoms with E-state index >= 15 is 0 Å². The van der Waals surface area contributed by atoms with Crippen molar-refractivity contribution in [1.82, 2.24) is 29.7 Å². The number of aromatic nitrogens is 3. The van der Waals surface area contributed by atoms with Crippen molar-refractivity contribution in [2.75, 3.05) is 27.2 Å². The maximum absolute atomic E-state index is 12.5. The van der Waals surface area contributed by atoms with Gasteiger partial charge in [-0.05, 0) is 30.3 Å². The highest BCUT2D eigenvalue weighted by molar-refractivity contribution is 6.21. The Morgan fingerprint density at radius 3 is 2.87 bits per heavy atom. The van der Waals surface area contributed by atoms with Gasteiger partial charge >= 0.3 is 6.03 Å². The summed E-state index contributed by atoms with van der Waals surface area (Å²) in [6.45, 7) is 2.40. The number of hydrogen-bond donors (Lipinski definition) is 1. The van der Waals surface area contributed by atoms with E-state index in [0.29, 0.717) is 12.4 Å². The summed E-state index contributed by atoms with van der Waals surface area (Å²) in [6.07, 6.45) is 6.70. The van der Waals surface area contributed by atoms with E-state index in [1.165, 1.54) is 18.3 Å². The van der Waals surface area contributed by atoms with Crippen molar-refractivity contribution in [3.05, 3.63) is 29.7 Å². The number of nitrogens with one attached hydrogen (secondary N) is 1. The number of aryl methyl sites for hydroxylation is 2. The molecule has 0 saturated carbocycles. The highest BCUT2D eigenvalue weighted by Gasteiger charge is 2.50. The van der Waals surface area contributed by atoms with Crippen molar-refractivity contribution in [2.45, 2.75) is 25.8 Å². The lowest BCUT2D eigenvalue weighted by Crippen LogP contribution is -2.62. The highest BCUT2D eigenvalue weighted by Crippen LogP contribution is 2.16. The van der Waals surface area contributed by atoms with Crippen LogP contribution in [0.4, 0.5) is 4.79 Å². The van der Waals surface area contributed by atoms with Gasteiger partial charge in [-0.1, -0.05) is 0 Å². The zero-order chi connectivity index (χ0) is 21.4. The Kier molecular flexibility index (Phi) is 5.02. The molecule has 0 bridgehead atoms. The molecule has 156 valence electrons. The average Bonchev–Trinajstić information content (AvgIpc) is 3.30. The van der Waals surface area contributed by atoms with E-state index in [-0.39, 0.29) is 12.5 Å². The van der Waals surface area contributed by atoms with Gasteiger partial charge in [-0.15, -0.1) is 0 Å². The smallest absolute Gasteiger partial charge is 0.333 e. The molecule has 11 nitrogen and oxygen atoms in total. The van der Waals surface area contributed by atoms with Gasteiger partial charge in [-0.25, -0.2) is 18.9 Å². The van der Waals surface area contributed by atoms with E-state index in [1.54, 1.807) is 16.1 Å². The van der Waals surface area contributed by atoms with Crippen LogP contribution in [0.3, 0.4) is 0 Å². The van der Waals surface area contributed by atoms with E-state index in [0.717, 1.165) is 34.6 Å². The van der Waals surface area contributed by atoms with Crippen molar-refractivity contribution in [2.24, 2.45) is 4.99 Å². The zero-order valence-electron chi connectivity index (χ0n) is 17.1. The van der Waals surface area contributed by atoms with Gasteiger partial charge < -0.3 is 5.32 Å². The number of carbonyl (C=O) groups excluding carboxylic acids is 3. The van der Waals surface area contributed by atoms with Gasteiger partial charge in [0.15, 0.2) is 12.2 Å². The summed E-state index contributed by atoms with van der Waals surface area (Å²) in [6, 6.07) is 0.725. The summed E-state index contributed by atoms with van der Waals surface area (Å²) in [5.74, 6) is -0.267. The van der Waals surface area contributed by atoms with Crippen LogP contribution in [0.1, 0.15) is 17.7 Å². The number of amidine groups is 1. The second-order valence-electron chi connectivity index (χ2n) is 7.42. The minimum absolute atomic E-state index is 0.0145. The first kappa shape index (κ1) is 19.7. The van der Waals surface area contributed by atoms with E-state index in [9.17, 15) is 14.4 Å². The fraction of sp³-hybridized carbons (Fsp3) is 0.421. The zero-order valence-corrected chi connectivity index (χ0v) is 17.1. The molecule has 1 unspecified atom stereocenters. The van der Waals surface area contributed by atoms with Gasteiger partial charge in [0.1, 0.15) is 0 Å². The molecule has 0 radical (unpaired) electrons. The first-order valence-corrected chi connectivity index (χ1v) is 9.65. The fourth-order valence-corrected chi connectivity index (χ4v) is 3.58. The van der Waals surface area contributed by atoms with Gasteiger partial charge in [0.05, 0.1) is 5.69 Å². The lowest BCUT2D eigenvalue weighted by atomic mass is 10.1. The average molecular weight is 411 g/mol. The molecule has 2 aromatic rings. The van der Waals surface area contributed by atoms with Crippen LogP contribution in [0.25, 0.3) is 5.65 Å². The number of hydrogen-bond acceptors (Lipinski definition) is 6. The predicted octanol–water partition coefficient (Wildman–Crippen LogP) is -0.568. The Morgan fingerprint density at radius 2 is 2.07 bits per heavy atom. The maximum atomic E-state index is 12.5. The van der Waals surface area contributed by atoms with Crippen LogP contribution in [0.5, 0.6) is 0 Å². The number of aliphatic imine (C=N–C) groups is 1. The Bertz CT molecular complexity index is 1100. The first-order chi connectivity index (χ1) is 14.3. The molecule has 1 N–H and O–H groups in total.